The average Bonchev–Trinajstić information content (AvgIpc) is 2.74. The number of likely N-dealkylation sites (tertiary alicyclic amines) is 1. The molecule has 1 amide bonds. The number of halogens is 1. The van der Waals surface area contributed by atoms with Gasteiger partial charge in [0, 0.05) is 6.54 Å². The van der Waals surface area contributed by atoms with Gasteiger partial charge in [0.2, 0.25) is 0 Å². The highest BCUT2D eigenvalue weighted by atomic mass is 19.1. The first-order valence-corrected chi connectivity index (χ1v) is 10.1. The Morgan fingerprint density at radius 3 is 2.34 bits per heavy atom. The third kappa shape index (κ3) is 4.69. The van der Waals surface area contributed by atoms with E-state index in [9.17, 15) is 9.18 Å². The minimum Gasteiger partial charge on any atom is -0.488 e. The maximum Gasteiger partial charge on any atom is 0.494 e. The fraction of sp³-hybridized carbons (Fsp3) is 0.667. The molecule has 6 nitrogen and oxygen atoms in total. The monoisotopic (exact) mass is 407 g/mol. The molecule has 0 N–H and O–H groups in total. The van der Waals surface area contributed by atoms with Crippen molar-refractivity contribution in [2.24, 2.45) is 0 Å². The molecule has 2 saturated heterocycles. The van der Waals surface area contributed by atoms with Gasteiger partial charge in [-0.1, -0.05) is 6.07 Å². The van der Waals surface area contributed by atoms with Crippen LogP contribution in [0.4, 0.5) is 9.18 Å². The average molecular weight is 407 g/mol. The Bertz CT molecular complexity index is 761. The van der Waals surface area contributed by atoms with Crippen molar-refractivity contribution in [1.82, 2.24) is 4.90 Å². The second kappa shape index (κ2) is 7.47. The zero-order chi connectivity index (χ0) is 21.6. The van der Waals surface area contributed by atoms with Crippen molar-refractivity contribution in [3.63, 3.8) is 0 Å². The van der Waals surface area contributed by atoms with Crippen LogP contribution in [0.2, 0.25) is 0 Å². The van der Waals surface area contributed by atoms with E-state index >= 15 is 0 Å². The smallest absolute Gasteiger partial charge is 0.488 e. The van der Waals surface area contributed by atoms with Crippen LogP contribution in [0.5, 0.6) is 5.75 Å². The van der Waals surface area contributed by atoms with Crippen LogP contribution in [0.25, 0.3) is 0 Å². The Morgan fingerprint density at radius 1 is 1.24 bits per heavy atom. The van der Waals surface area contributed by atoms with Crippen LogP contribution < -0.4 is 10.2 Å². The number of hydrogen-bond donors (Lipinski definition) is 0. The van der Waals surface area contributed by atoms with Crippen LogP contribution in [0.1, 0.15) is 54.9 Å². The summed E-state index contributed by atoms with van der Waals surface area (Å²) in [6.45, 7) is 14.1. The van der Waals surface area contributed by atoms with Crippen LogP contribution in [0.15, 0.2) is 18.2 Å². The molecule has 160 valence electrons. The predicted octanol–water partition coefficient (Wildman–Crippen LogP) is 3.51. The Hall–Kier alpha value is -1.80. The Morgan fingerprint density at radius 2 is 1.86 bits per heavy atom. The van der Waals surface area contributed by atoms with E-state index in [1.54, 1.807) is 17.0 Å². The van der Waals surface area contributed by atoms with E-state index in [0.717, 1.165) is 6.42 Å². The van der Waals surface area contributed by atoms with Gasteiger partial charge in [-0.15, -0.1) is 0 Å². The minimum atomic E-state index is -0.627. The number of benzene rings is 1. The number of ether oxygens (including phenoxy) is 2. The molecule has 2 aliphatic heterocycles. The molecule has 0 aromatic heterocycles. The molecular formula is C21H31BFNO5. The lowest BCUT2D eigenvalue weighted by molar-refractivity contribution is -0.0143. The molecule has 0 radical (unpaired) electrons. The van der Waals surface area contributed by atoms with Crippen LogP contribution in [0, 0.1) is 5.82 Å². The van der Waals surface area contributed by atoms with Crippen molar-refractivity contribution in [2.45, 2.75) is 77.7 Å². The topological polar surface area (TPSA) is 57.2 Å². The molecule has 1 atom stereocenters. The summed E-state index contributed by atoms with van der Waals surface area (Å²) in [5.41, 5.74) is -0.919. The molecule has 29 heavy (non-hydrogen) atoms. The number of carbonyl (C=O) groups is 1. The van der Waals surface area contributed by atoms with Crippen molar-refractivity contribution < 1.29 is 28.0 Å². The lowest BCUT2D eigenvalue weighted by atomic mass is 9.79. The zero-order valence-electron chi connectivity index (χ0n) is 18.4. The molecule has 0 unspecified atom stereocenters. The maximum atomic E-state index is 14.6. The van der Waals surface area contributed by atoms with Gasteiger partial charge in [-0.05, 0) is 72.5 Å². The van der Waals surface area contributed by atoms with Gasteiger partial charge in [-0.25, -0.2) is 9.18 Å². The Kier molecular flexibility index (Phi) is 5.64. The summed E-state index contributed by atoms with van der Waals surface area (Å²) >= 11 is 0. The summed E-state index contributed by atoms with van der Waals surface area (Å²) in [6.07, 6.45) is 0.432. The van der Waals surface area contributed by atoms with E-state index in [1.807, 2.05) is 48.5 Å². The summed E-state index contributed by atoms with van der Waals surface area (Å²) < 4.78 is 37.6. The number of rotatable bonds is 4. The summed E-state index contributed by atoms with van der Waals surface area (Å²) in [5, 5.41) is 0. The predicted molar refractivity (Wildman–Crippen MR) is 109 cm³/mol. The normalized spacial score (nSPS) is 23.0. The molecule has 0 spiro atoms. The molecule has 2 aliphatic rings. The highest BCUT2D eigenvalue weighted by Crippen LogP contribution is 2.36. The molecule has 1 aromatic rings. The highest BCUT2D eigenvalue weighted by Gasteiger charge is 2.51. The van der Waals surface area contributed by atoms with Gasteiger partial charge in [0.05, 0.1) is 17.2 Å². The largest absolute Gasteiger partial charge is 0.494 e. The van der Waals surface area contributed by atoms with Crippen molar-refractivity contribution in [3.05, 3.63) is 24.0 Å². The SMILES string of the molecule is CC(C)(C)OC(=O)N1CC[C@H]1COc1ccc(B2OC(C)(C)C(C)(C)O2)cc1F. The zero-order valence-corrected chi connectivity index (χ0v) is 18.4. The van der Waals surface area contributed by atoms with Gasteiger partial charge in [-0.2, -0.15) is 0 Å². The molecule has 2 heterocycles. The van der Waals surface area contributed by atoms with E-state index in [2.05, 4.69) is 0 Å². The second-order valence-corrected chi connectivity index (χ2v) is 9.71. The lowest BCUT2D eigenvalue weighted by Gasteiger charge is -2.41. The first-order chi connectivity index (χ1) is 13.3. The van der Waals surface area contributed by atoms with E-state index < -0.39 is 29.7 Å². The van der Waals surface area contributed by atoms with Crippen LogP contribution in [-0.4, -0.2) is 54.1 Å². The molecule has 0 saturated carbocycles. The van der Waals surface area contributed by atoms with Crippen molar-refractivity contribution in [2.75, 3.05) is 13.2 Å². The number of hydrogen-bond acceptors (Lipinski definition) is 5. The molecule has 3 rings (SSSR count). The van der Waals surface area contributed by atoms with Crippen molar-refractivity contribution in [1.29, 1.82) is 0 Å². The molecule has 1 aromatic carbocycles. The highest BCUT2D eigenvalue weighted by molar-refractivity contribution is 6.62. The summed E-state index contributed by atoms with van der Waals surface area (Å²) in [6, 6.07) is 4.58. The molecule has 0 aliphatic carbocycles. The van der Waals surface area contributed by atoms with Gasteiger partial charge in [0.25, 0.3) is 0 Å². The summed E-state index contributed by atoms with van der Waals surface area (Å²) in [5.74, 6) is -0.346. The maximum absolute atomic E-state index is 14.6. The summed E-state index contributed by atoms with van der Waals surface area (Å²) in [4.78, 5) is 13.8. The van der Waals surface area contributed by atoms with Crippen LogP contribution in [0.3, 0.4) is 0 Å². The minimum absolute atomic E-state index is 0.118. The van der Waals surface area contributed by atoms with E-state index in [4.69, 9.17) is 18.8 Å². The number of carbonyl (C=O) groups excluding carboxylic acids is 1. The van der Waals surface area contributed by atoms with Gasteiger partial charge in [0.15, 0.2) is 11.6 Å². The van der Waals surface area contributed by atoms with Gasteiger partial charge in [-0.3, -0.25) is 0 Å². The van der Waals surface area contributed by atoms with E-state index in [0.29, 0.717) is 12.0 Å². The van der Waals surface area contributed by atoms with Crippen LogP contribution >= 0.6 is 0 Å². The number of nitrogens with zero attached hydrogens (tertiary/aromatic N) is 1. The first-order valence-electron chi connectivity index (χ1n) is 10.1. The number of amides is 1. The molecule has 2 fully saturated rings. The quantitative estimate of drug-likeness (QED) is 0.715. The molecule has 8 heteroatoms. The Labute approximate surface area is 172 Å². The fourth-order valence-corrected chi connectivity index (χ4v) is 3.12. The fourth-order valence-electron chi connectivity index (χ4n) is 3.12. The van der Waals surface area contributed by atoms with Gasteiger partial charge >= 0.3 is 13.2 Å². The van der Waals surface area contributed by atoms with E-state index in [1.165, 1.54) is 6.07 Å². The summed E-state index contributed by atoms with van der Waals surface area (Å²) in [7, 11) is -0.627. The standard InChI is InChI=1S/C21H31BFNO5/c1-19(2,3)27-18(25)24-11-10-15(24)13-26-17-9-8-14(12-16(17)23)22-28-20(4,5)21(6,7)29-22/h8-9,12,15H,10-11,13H2,1-7H3/t15-/m0/s1. The Balaban J connectivity index is 1.59. The van der Waals surface area contributed by atoms with E-state index in [-0.39, 0.29) is 24.5 Å². The lowest BCUT2D eigenvalue weighted by Crippen LogP contribution is -2.55. The van der Waals surface area contributed by atoms with Gasteiger partial charge < -0.3 is 23.7 Å². The molecule has 0 bridgehead atoms. The molecular weight excluding hydrogens is 376 g/mol. The third-order valence-electron chi connectivity index (χ3n) is 5.68. The second-order valence-electron chi connectivity index (χ2n) is 9.71. The van der Waals surface area contributed by atoms with Crippen molar-refractivity contribution >= 4 is 18.7 Å². The first kappa shape index (κ1) is 21.9. The van der Waals surface area contributed by atoms with Crippen LogP contribution in [-0.2, 0) is 14.0 Å². The van der Waals surface area contributed by atoms with Gasteiger partial charge in [0.1, 0.15) is 12.2 Å². The van der Waals surface area contributed by atoms with Crippen molar-refractivity contribution in [3.8, 4) is 5.75 Å². The third-order valence-corrected chi connectivity index (χ3v) is 5.68.